The number of urea groups is 1. The molecule has 4 rings (SSSR count). The summed E-state index contributed by atoms with van der Waals surface area (Å²) in [5, 5.41) is 9.06. The van der Waals surface area contributed by atoms with Crippen molar-refractivity contribution in [2.75, 3.05) is 38.1 Å². The van der Waals surface area contributed by atoms with Crippen LogP contribution in [-0.2, 0) is 0 Å². The highest BCUT2D eigenvalue weighted by molar-refractivity contribution is 5.92. The number of aromatic nitrogens is 1. The third-order valence-electron chi connectivity index (χ3n) is 4.84. The molecule has 1 saturated carbocycles. The van der Waals surface area contributed by atoms with Crippen molar-refractivity contribution >= 4 is 29.1 Å². The lowest BCUT2D eigenvalue weighted by Gasteiger charge is -2.36. The largest absolute Gasteiger partial charge is 0.478 e. The molecule has 1 aromatic heterocycles. The fourth-order valence-electron chi connectivity index (χ4n) is 3.11. The molecule has 0 bridgehead atoms. The number of piperazine rings is 1. The molecular formula is C17H20N4O4. The molecule has 132 valence electrons. The maximum absolute atomic E-state index is 12.4. The summed E-state index contributed by atoms with van der Waals surface area (Å²) in [6, 6.07) is 5.61. The normalized spacial score (nSPS) is 17.8. The van der Waals surface area contributed by atoms with Crippen molar-refractivity contribution < 1.29 is 19.1 Å². The summed E-state index contributed by atoms with van der Waals surface area (Å²) in [7, 11) is 1.87. The van der Waals surface area contributed by atoms with Crippen LogP contribution in [0.4, 0.5) is 10.8 Å². The number of carboxylic acids is 1. The lowest BCUT2D eigenvalue weighted by molar-refractivity contribution is 0.0697. The monoisotopic (exact) mass is 344 g/mol. The second kappa shape index (κ2) is 5.94. The average molecular weight is 344 g/mol. The van der Waals surface area contributed by atoms with Crippen molar-refractivity contribution in [3.05, 3.63) is 23.8 Å². The van der Waals surface area contributed by atoms with Gasteiger partial charge in [0.15, 0.2) is 5.58 Å². The van der Waals surface area contributed by atoms with E-state index in [1.165, 1.54) is 12.1 Å². The fourth-order valence-corrected chi connectivity index (χ4v) is 3.11. The summed E-state index contributed by atoms with van der Waals surface area (Å²) >= 11 is 0. The molecule has 2 amide bonds. The second-order valence-electron chi connectivity index (χ2n) is 6.58. The first-order valence-corrected chi connectivity index (χ1v) is 8.43. The highest BCUT2D eigenvalue weighted by Gasteiger charge is 2.33. The molecule has 1 aromatic carbocycles. The summed E-state index contributed by atoms with van der Waals surface area (Å²) < 4.78 is 5.74. The van der Waals surface area contributed by atoms with Crippen LogP contribution in [0.2, 0.25) is 0 Å². The minimum atomic E-state index is -0.988. The van der Waals surface area contributed by atoms with E-state index in [2.05, 4.69) is 4.98 Å². The van der Waals surface area contributed by atoms with Crippen molar-refractivity contribution in [3.8, 4) is 0 Å². The zero-order valence-electron chi connectivity index (χ0n) is 14.0. The van der Waals surface area contributed by atoms with Gasteiger partial charge in [0.25, 0.3) is 6.01 Å². The van der Waals surface area contributed by atoms with E-state index in [4.69, 9.17) is 9.52 Å². The summed E-state index contributed by atoms with van der Waals surface area (Å²) in [5.41, 5.74) is 1.28. The van der Waals surface area contributed by atoms with Crippen LogP contribution in [0.5, 0.6) is 0 Å². The average Bonchev–Trinajstić information content (AvgIpc) is 3.38. The van der Waals surface area contributed by atoms with Gasteiger partial charge in [-0.2, -0.15) is 4.98 Å². The Morgan fingerprint density at radius 3 is 2.60 bits per heavy atom. The Bertz CT molecular complexity index is 821. The van der Waals surface area contributed by atoms with Crippen molar-refractivity contribution in [1.29, 1.82) is 0 Å². The van der Waals surface area contributed by atoms with Crippen molar-refractivity contribution in [2.45, 2.75) is 18.9 Å². The Morgan fingerprint density at radius 1 is 1.24 bits per heavy atom. The number of carbonyl (C=O) groups excluding carboxylic acids is 1. The molecule has 2 aliphatic rings. The highest BCUT2D eigenvalue weighted by Crippen LogP contribution is 2.27. The SMILES string of the molecule is CN(C(=O)N1CCN(c2nc3cc(C(=O)O)ccc3o2)CC1)C1CC1. The van der Waals surface area contributed by atoms with Gasteiger partial charge in [0.2, 0.25) is 0 Å². The molecule has 2 aromatic rings. The van der Waals surface area contributed by atoms with Crippen LogP contribution in [0.3, 0.4) is 0 Å². The van der Waals surface area contributed by atoms with Crippen LogP contribution in [0, 0.1) is 0 Å². The van der Waals surface area contributed by atoms with E-state index in [0.717, 1.165) is 12.8 Å². The fraction of sp³-hybridized carbons (Fsp3) is 0.471. The van der Waals surface area contributed by atoms with E-state index in [1.807, 2.05) is 21.7 Å². The van der Waals surface area contributed by atoms with Crippen molar-refractivity contribution in [2.24, 2.45) is 0 Å². The zero-order valence-corrected chi connectivity index (χ0v) is 14.0. The number of carboxylic acid groups (broad SMARTS) is 1. The number of amides is 2. The number of aromatic carboxylic acids is 1. The number of carbonyl (C=O) groups is 2. The molecule has 0 radical (unpaired) electrons. The molecular weight excluding hydrogens is 324 g/mol. The first-order valence-electron chi connectivity index (χ1n) is 8.43. The number of benzene rings is 1. The second-order valence-corrected chi connectivity index (χ2v) is 6.58. The topological polar surface area (TPSA) is 90.1 Å². The predicted octanol–water partition coefficient (Wildman–Crippen LogP) is 1.86. The first kappa shape index (κ1) is 15.7. The molecule has 0 unspecified atom stereocenters. The number of rotatable bonds is 3. The standard InChI is InChI=1S/C17H20N4O4/c1-19(12-3-4-12)17(24)21-8-6-20(7-9-21)16-18-13-10-11(15(22)23)2-5-14(13)25-16/h2,5,10,12H,3-4,6-9H2,1H3,(H,22,23). The molecule has 1 N–H and O–H groups in total. The lowest BCUT2D eigenvalue weighted by atomic mass is 10.2. The van der Waals surface area contributed by atoms with Crippen LogP contribution in [0.25, 0.3) is 11.1 Å². The van der Waals surface area contributed by atoms with E-state index in [9.17, 15) is 9.59 Å². The van der Waals surface area contributed by atoms with Gasteiger partial charge in [-0.05, 0) is 31.0 Å². The predicted molar refractivity (Wildman–Crippen MR) is 90.9 cm³/mol. The number of fused-ring (bicyclic) bond motifs is 1. The summed E-state index contributed by atoms with van der Waals surface area (Å²) in [4.78, 5) is 33.5. The van der Waals surface area contributed by atoms with Crippen molar-refractivity contribution in [3.63, 3.8) is 0 Å². The molecule has 1 aliphatic carbocycles. The molecule has 0 spiro atoms. The molecule has 2 fully saturated rings. The van der Waals surface area contributed by atoms with Crippen LogP contribution in [0.15, 0.2) is 22.6 Å². The van der Waals surface area contributed by atoms with E-state index >= 15 is 0 Å². The zero-order chi connectivity index (χ0) is 17.6. The minimum absolute atomic E-state index is 0.0887. The molecule has 1 aliphatic heterocycles. The maximum atomic E-state index is 12.4. The van der Waals surface area contributed by atoms with E-state index < -0.39 is 5.97 Å². The van der Waals surface area contributed by atoms with Crippen LogP contribution < -0.4 is 4.90 Å². The van der Waals surface area contributed by atoms with Gasteiger partial charge in [0, 0.05) is 39.3 Å². The first-order chi connectivity index (χ1) is 12.0. The number of nitrogens with zero attached hydrogens (tertiary/aromatic N) is 4. The van der Waals surface area contributed by atoms with Crippen LogP contribution in [-0.4, -0.2) is 71.2 Å². The van der Waals surface area contributed by atoms with E-state index in [-0.39, 0.29) is 11.6 Å². The van der Waals surface area contributed by atoms with Gasteiger partial charge in [0.1, 0.15) is 5.52 Å². The molecule has 25 heavy (non-hydrogen) atoms. The lowest BCUT2D eigenvalue weighted by Crippen LogP contribution is -2.52. The summed E-state index contributed by atoms with van der Waals surface area (Å²) in [5.74, 6) is -0.988. The van der Waals surface area contributed by atoms with Gasteiger partial charge in [-0.1, -0.05) is 0 Å². The van der Waals surface area contributed by atoms with Crippen LogP contribution >= 0.6 is 0 Å². The van der Waals surface area contributed by atoms with Gasteiger partial charge in [-0.25, -0.2) is 9.59 Å². The van der Waals surface area contributed by atoms with Crippen LogP contribution in [0.1, 0.15) is 23.2 Å². The number of anilines is 1. The maximum Gasteiger partial charge on any atom is 0.335 e. The summed E-state index contributed by atoms with van der Waals surface area (Å²) in [6.45, 7) is 2.52. The Morgan fingerprint density at radius 2 is 1.96 bits per heavy atom. The molecule has 2 heterocycles. The Balaban J connectivity index is 1.44. The number of hydrogen-bond donors (Lipinski definition) is 1. The van der Waals surface area contributed by atoms with Gasteiger partial charge in [0.05, 0.1) is 5.56 Å². The molecule has 8 heteroatoms. The van der Waals surface area contributed by atoms with Gasteiger partial charge in [-0.3, -0.25) is 0 Å². The minimum Gasteiger partial charge on any atom is -0.478 e. The van der Waals surface area contributed by atoms with Gasteiger partial charge < -0.3 is 24.2 Å². The number of oxazole rings is 1. The van der Waals surface area contributed by atoms with E-state index in [0.29, 0.717) is 49.3 Å². The third-order valence-corrected chi connectivity index (χ3v) is 4.84. The smallest absolute Gasteiger partial charge is 0.335 e. The van der Waals surface area contributed by atoms with Gasteiger partial charge >= 0.3 is 12.0 Å². The molecule has 0 atom stereocenters. The highest BCUT2D eigenvalue weighted by atomic mass is 16.4. The molecule has 1 saturated heterocycles. The number of hydrogen-bond acceptors (Lipinski definition) is 5. The Hall–Kier alpha value is -2.77. The van der Waals surface area contributed by atoms with E-state index in [1.54, 1.807) is 6.07 Å². The summed E-state index contributed by atoms with van der Waals surface area (Å²) in [6.07, 6.45) is 2.20. The Kier molecular flexibility index (Phi) is 3.74. The molecule has 8 nitrogen and oxygen atoms in total. The quantitative estimate of drug-likeness (QED) is 0.914. The van der Waals surface area contributed by atoms with Gasteiger partial charge in [-0.15, -0.1) is 0 Å². The Labute approximate surface area is 144 Å². The van der Waals surface area contributed by atoms with Crippen molar-refractivity contribution in [1.82, 2.24) is 14.8 Å². The third kappa shape index (κ3) is 2.99.